The van der Waals surface area contributed by atoms with E-state index in [9.17, 15) is 4.79 Å². The molecule has 2 aliphatic heterocycles. The number of hydrogen-bond donors (Lipinski definition) is 1. The maximum atomic E-state index is 13.6. The summed E-state index contributed by atoms with van der Waals surface area (Å²) in [6, 6.07) is 14.2. The molecular formula is C24H25BrN2O3S. The van der Waals surface area contributed by atoms with E-state index in [0.717, 1.165) is 32.8 Å². The van der Waals surface area contributed by atoms with E-state index in [1.165, 1.54) is 19.3 Å². The second-order valence-corrected chi connectivity index (χ2v) is 10.2. The summed E-state index contributed by atoms with van der Waals surface area (Å²) in [7, 11) is 0. The first-order valence-corrected chi connectivity index (χ1v) is 12.4. The predicted octanol–water partition coefficient (Wildman–Crippen LogP) is 6.07. The molecule has 2 fully saturated rings. The quantitative estimate of drug-likeness (QED) is 0.516. The lowest BCUT2D eigenvalue weighted by Crippen LogP contribution is -2.48. The molecule has 1 N–H and O–H groups in total. The number of carbonyl (C=O) groups is 1. The highest BCUT2D eigenvalue weighted by Gasteiger charge is 2.43. The average Bonchev–Trinajstić information content (AvgIpc) is 3.34. The van der Waals surface area contributed by atoms with Crippen molar-refractivity contribution in [2.45, 2.75) is 44.1 Å². The van der Waals surface area contributed by atoms with Crippen LogP contribution < -0.4 is 14.8 Å². The summed E-state index contributed by atoms with van der Waals surface area (Å²) in [6.07, 6.45) is 6.61. The average molecular weight is 501 g/mol. The first-order chi connectivity index (χ1) is 15.1. The molecule has 3 aliphatic rings. The number of hydrogen-bond acceptors (Lipinski definition) is 5. The van der Waals surface area contributed by atoms with Gasteiger partial charge in [-0.15, -0.1) is 0 Å². The Morgan fingerprint density at radius 2 is 1.87 bits per heavy atom. The predicted molar refractivity (Wildman–Crippen MR) is 128 cm³/mol. The number of fused-ring (bicyclic) bond motifs is 1. The Bertz CT molecular complexity index is 1010. The Morgan fingerprint density at radius 3 is 2.65 bits per heavy atom. The molecule has 5 rings (SSSR count). The van der Waals surface area contributed by atoms with Gasteiger partial charge in [0.2, 0.25) is 6.79 Å². The van der Waals surface area contributed by atoms with Gasteiger partial charge in [-0.3, -0.25) is 4.79 Å². The van der Waals surface area contributed by atoms with Crippen LogP contribution in [0.5, 0.6) is 11.5 Å². The SMILES string of the molecule is C[C@@H]1CCCC[C@@H]1N1C(=O)/C(=C/c2cc3c(cc2Br)OCO3)SC1Nc1ccccc1. The van der Waals surface area contributed by atoms with Gasteiger partial charge in [-0.2, -0.15) is 0 Å². The van der Waals surface area contributed by atoms with Crippen molar-refractivity contribution in [3.63, 3.8) is 0 Å². The minimum Gasteiger partial charge on any atom is -0.454 e. The Morgan fingerprint density at radius 1 is 1.13 bits per heavy atom. The summed E-state index contributed by atoms with van der Waals surface area (Å²) < 4.78 is 11.9. The van der Waals surface area contributed by atoms with E-state index in [1.807, 2.05) is 48.5 Å². The third-order valence-corrected chi connectivity index (χ3v) is 8.00. The first-order valence-electron chi connectivity index (χ1n) is 10.7. The molecule has 0 radical (unpaired) electrons. The van der Waals surface area contributed by atoms with E-state index < -0.39 is 0 Å². The smallest absolute Gasteiger partial charge is 0.262 e. The summed E-state index contributed by atoms with van der Waals surface area (Å²) in [4.78, 5) is 16.4. The van der Waals surface area contributed by atoms with Gasteiger partial charge < -0.3 is 19.7 Å². The number of ether oxygens (including phenoxy) is 2. The number of para-hydroxylation sites is 1. The fourth-order valence-electron chi connectivity index (χ4n) is 4.55. The highest BCUT2D eigenvalue weighted by Crippen LogP contribution is 2.44. The van der Waals surface area contributed by atoms with Crippen LogP contribution in [0.15, 0.2) is 51.8 Å². The van der Waals surface area contributed by atoms with Gasteiger partial charge in [0.15, 0.2) is 17.0 Å². The number of thioether (sulfide) groups is 1. The molecule has 1 unspecified atom stereocenters. The zero-order valence-electron chi connectivity index (χ0n) is 17.3. The van der Waals surface area contributed by atoms with Crippen molar-refractivity contribution >= 4 is 45.4 Å². The van der Waals surface area contributed by atoms with E-state index in [4.69, 9.17) is 9.47 Å². The second kappa shape index (κ2) is 8.79. The Hall–Kier alpha value is -2.12. The second-order valence-electron chi connectivity index (χ2n) is 8.26. The number of benzene rings is 2. The maximum absolute atomic E-state index is 13.6. The third kappa shape index (κ3) is 4.17. The van der Waals surface area contributed by atoms with Gasteiger partial charge >= 0.3 is 0 Å². The van der Waals surface area contributed by atoms with Crippen LogP contribution in [-0.4, -0.2) is 29.1 Å². The zero-order chi connectivity index (χ0) is 21.4. The van der Waals surface area contributed by atoms with Gasteiger partial charge in [0, 0.05) is 16.2 Å². The highest BCUT2D eigenvalue weighted by atomic mass is 79.9. The Balaban J connectivity index is 1.48. The van der Waals surface area contributed by atoms with Crippen molar-refractivity contribution in [2.75, 3.05) is 12.1 Å². The largest absolute Gasteiger partial charge is 0.454 e. The zero-order valence-corrected chi connectivity index (χ0v) is 19.7. The topological polar surface area (TPSA) is 50.8 Å². The molecule has 0 aromatic heterocycles. The molecule has 2 aromatic carbocycles. The van der Waals surface area contributed by atoms with Crippen molar-refractivity contribution in [2.24, 2.45) is 5.92 Å². The number of anilines is 1. The maximum Gasteiger partial charge on any atom is 0.262 e. The number of rotatable bonds is 4. The van der Waals surface area contributed by atoms with Gasteiger partial charge in [-0.25, -0.2) is 0 Å². The fraction of sp³-hybridized carbons (Fsp3) is 0.375. The molecule has 31 heavy (non-hydrogen) atoms. The van der Waals surface area contributed by atoms with E-state index in [1.54, 1.807) is 11.8 Å². The molecule has 7 heteroatoms. The minimum atomic E-state index is -0.125. The Labute approximate surface area is 195 Å². The molecular weight excluding hydrogens is 476 g/mol. The van der Waals surface area contributed by atoms with E-state index >= 15 is 0 Å². The monoisotopic (exact) mass is 500 g/mol. The van der Waals surface area contributed by atoms with Gasteiger partial charge in [0.1, 0.15) is 0 Å². The van der Waals surface area contributed by atoms with Crippen LogP contribution in [0.4, 0.5) is 5.69 Å². The third-order valence-electron chi connectivity index (χ3n) is 6.20. The van der Waals surface area contributed by atoms with Crippen molar-refractivity contribution in [3.8, 4) is 11.5 Å². The number of amides is 1. The van der Waals surface area contributed by atoms with Crippen LogP contribution in [0, 0.1) is 5.92 Å². The summed E-state index contributed by atoms with van der Waals surface area (Å²) in [5, 5.41) is 3.58. The van der Waals surface area contributed by atoms with Crippen molar-refractivity contribution in [3.05, 3.63) is 57.4 Å². The van der Waals surface area contributed by atoms with Crippen molar-refractivity contribution in [1.82, 2.24) is 4.90 Å². The highest BCUT2D eigenvalue weighted by molar-refractivity contribution is 9.10. The standard InChI is InChI=1S/C24H25BrN2O3S/c1-15-7-5-6-10-19(15)27-23(28)22(31-24(27)26-17-8-3-2-4-9-17)12-16-11-20-21(13-18(16)25)30-14-29-20/h2-4,8-9,11-13,15,19,24,26H,5-7,10,14H2,1H3/b22-12-/t15-,19+,24?/m1/s1. The van der Waals surface area contributed by atoms with Crippen molar-refractivity contribution < 1.29 is 14.3 Å². The summed E-state index contributed by atoms with van der Waals surface area (Å²) in [5.74, 6) is 2.03. The van der Waals surface area contributed by atoms with Gasteiger partial charge in [0.25, 0.3) is 5.91 Å². The van der Waals surface area contributed by atoms with Gasteiger partial charge in [0.05, 0.1) is 4.91 Å². The van der Waals surface area contributed by atoms with E-state index in [0.29, 0.717) is 11.7 Å². The van der Waals surface area contributed by atoms with Crippen LogP contribution >= 0.6 is 27.7 Å². The molecule has 2 heterocycles. The summed E-state index contributed by atoms with van der Waals surface area (Å²) in [5.41, 5.74) is 1.81. The molecule has 3 atom stereocenters. The fourth-order valence-corrected chi connectivity index (χ4v) is 6.19. The molecule has 1 saturated heterocycles. The van der Waals surface area contributed by atoms with E-state index in [2.05, 4.69) is 33.1 Å². The minimum absolute atomic E-state index is 0.0988. The molecule has 2 aromatic rings. The lowest BCUT2D eigenvalue weighted by Gasteiger charge is -2.39. The Kier molecular flexibility index (Phi) is 5.89. The molecule has 0 spiro atoms. The number of halogens is 1. The molecule has 1 saturated carbocycles. The van der Waals surface area contributed by atoms with E-state index in [-0.39, 0.29) is 24.2 Å². The normalized spacial score (nSPS) is 26.5. The molecule has 5 nitrogen and oxygen atoms in total. The molecule has 1 aliphatic carbocycles. The van der Waals surface area contributed by atoms with Crippen LogP contribution in [0.25, 0.3) is 6.08 Å². The number of carbonyl (C=O) groups excluding carboxylic acids is 1. The van der Waals surface area contributed by atoms with Crippen LogP contribution in [0.3, 0.4) is 0 Å². The summed E-state index contributed by atoms with van der Waals surface area (Å²) in [6.45, 7) is 2.50. The lowest BCUT2D eigenvalue weighted by molar-refractivity contribution is -0.129. The van der Waals surface area contributed by atoms with Gasteiger partial charge in [-0.05, 0) is 54.7 Å². The van der Waals surface area contributed by atoms with Crippen LogP contribution in [0.2, 0.25) is 0 Å². The first kappa shape index (κ1) is 20.8. The van der Waals surface area contributed by atoms with Crippen LogP contribution in [0.1, 0.15) is 38.2 Å². The number of nitrogens with one attached hydrogen (secondary N) is 1. The number of nitrogens with zero attached hydrogens (tertiary/aromatic N) is 1. The molecule has 1 amide bonds. The lowest BCUT2D eigenvalue weighted by atomic mass is 9.85. The molecule has 162 valence electrons. The molecule has 0 bridgehead atoms. The summed E-state index contributed by atoms with van der Waals surface area (Å²) >= 11 is 5.21. The van der Waals surface area contributed by atoms with Crippen molar-refractivity contribution in [1.29, 1.82) is 0 Å². The van der Waals surface area contributed by atoms with Gasteiger partial charge in [-0.1, -0.05) is 65.7 Å². The van der Waals surface area contributed by atoms with Crippen LogP contribution in [-0.2, 0) is 4.79 Å².